The van der Waals surface area contributed by atoms with Gasteiger partial charge in [-0.15, -0.1) is 0 Å². The molecule has 0 radical (unpaired) electrons. The van der Waals surface area contributed by atoms with Crippen LogP contribution in [0.2, 0.25) is 0 Å². The lowest BCUT2D eigenvalue weighted by atomic mass is 10.1. The summed E-state index contributed by atoms with van der Waals surface area (Å²) in [4.78, 5) is 0. The Morgan fingerprint density at radius 2 is 2.29 bits per heavy atom. The molecule has 1 aliphatic carbocycles. The van der Waals surface area contributed by atoms with Crippen molar-refractivity contribution in [1.29, 1.82) is 0 Å². The zero-order valence-corrected chi connectivity index (χ0v) is 9.46. The van der Waals surface area contributed by atoms with E-state index < -0.39 is 0 Å². The molecule has 84 valence electrons. The Bertz CT molecular complexity index is 148. The van der Waals surface area contributed by atoms with E-state index in [9.17, 15) is 0 Å². The maximum absolute atomic E-state index is 5.66. The van der Waals surface area contributed by atoms with Gasteiger partial charge in [-0.2, -0.15) is 0 Å². The van der Waals surface area contributed by atoms with Gasteiger partial charge in [0, 0.05) is 13.2 Å². The summed E-state index contributed by atoms with van der Waals surface area (Å²) in [7, 11) is 1.81. The average Bonchev–Trinajstić information content (AvgIpc) is 2.67. The van der Waals surface area contributed by atoms with Gasteiger partial charge < -0.3 is 15.8 Å². The van der Waals surface area contributed by atoms with Crippen molar-refractivity contribution in [3.63, 3.8) is 0 Å². The molecule has 3 atom stereocenters. The normalized spacial score (nSPS) is 29.4. The van der Waals surface area contributed by atoms with Crippen molar-refractivity contribution >= 4 is 0 Å². The molecule has 3 N–H and O–H groups in total. The lowest BCUT2D eigenvalue weighted by molar-refractivity contribution is 0.0839. The first-order chi connectivity index (χ1) is 6.81. The van der Waals surface area contributed by atoms with Gasteiger partial charge in [-0.3, -0.25) is 0 Å². The molecule has 0 amide bonds. The lowest BCUT2D eigenvalue weighted by Gasteiger charge is -2.22. The Labute approximate surface area is 87.4 Å². The van der Waals surface area contributed by atoms with E-state index in [1.54, 1.807) is 0 Å². The summed E-state index contributed by atoms with van der Waals surface area (Å²) in [5.74, 6) is 0.619. The second-order valence-electron chi connectivity index (χ2n) is 4.23. The molecule has 0 saturated heterocycles. The molecule has 1 saturated carbocycles. The monoisotopic (exact) mass is 200 g/mol. The Hall–Kier alpha value is -0.120. The number of nitrogens with two attached hydrogens (primary N) is 1. The van der Waals surface area contributed by atoms with Gasteiger partial charge in [-0.1, -0.05) is 13.3 Å². The fourth-order valence-electron chi connectivity index (χ4n) is 2.15. The summed E-state index contributed by atoms with van der Waals surface area (Å²) in [6.45, 7) is 4.02. The standard InChI is InChI=1S/C11H24N2O/c1-3-9(7-12)8-13-10-5-4-6-11(10)14-2/h9-11,13H,3-8,12H2,1-2H3. The third kappa shape index (κ3) is 3.23. The summed E-state index contributed by atoms with van der Waals surface area (Å²) >= 11 is 0. The minimum atomic E-state index is 0.422. The summed E-state index contributed by atoms with van der Waals surface area (Å²) in [5.41, 5.74) is 5.66. The topological polar surface area (TPSA) is 47.3 Å². The first kappa shape index (κ1) is 12.0. The molecule has 0 aromatic rings. The van der Waals surface area contributed by atoms with Gasteiger partial charge in [0.25, 0.3) is 0 Å². The Morgan fingerprint density at radius 3 is 2.86 bits per heavy atom. The number of methoxy groups -OCH3 is 1. The van der Waals surface area contributed by atoms with Crippen LogP contribution < -0.4 is 11.1 Å². The Morgan fingerprint density at radius 1 is 1.50 bits per heavy atom. The van der Waals surface area contributed by atoms with Gasteiger partial charge in [0.05, 0.1) is 6.10 Å². The van der Waals surface area contributed by atoms with Gasteiger partial charge in [-0.05, 0) is 38.3 Å². The number of nitrogens with one attached hydrogen (secondary N) is 1. The van der Waals surface area contributed by atoms with Crippen molar-refractivity contribution in [2.75, 3.05) is 20.2 Å². The number of rotatable bonds is 6. The molecule has 0 aromatic carbocycles. The molecular weight excluding hydrogens is 176 g/mol. The molecule has 3 heteroatoms. The van der Waals surface area contributed by atoms with Crippen molar-refractivity contribution in [3.05, 3.63) is 0 Å². The molecule has 1 aliphatic rings. The van der Waals surface area contributed by atoms with E-state index in [-0.39, 0.29) is 0 Å². The lowest BCUT2D eigenvalue weighted by Crippen LogP contribution is -2.40. The van der Waals surface area contributed by atoms with Crippen molar-refractivity contribution < 1.29 is 4.74 Å². The van der Waals surface area contributed by atoms with E-state index in [4.69, 9.17) is 10.5 Å². The van der Waals surface area contributed by atoms with Crippen LogP contribution in [0.4, 0.5) is 0 Å². The molecule has 3 nitrogen and oxygen atoms in total. The van der Waals surface area contributed by atoms with E-state index in [1.165, 1.54) is 19.3 Å². The van der Waals surface area contributed by atoms with E-state index in [0.717, 1.165) is 19.5 Å². The third-order valence-electron chi connectivity index (χ3n) is 3.33. The van der Waals surface area contributed by atoms with Crippen LogP contribution in [-0.2, 0) is 4.74 Å². The minimum Gasteiger partial charge on any atom is -0.380 e. The average molecular weight is 200 g/mol. The maximum atomic E-state index is 5.66. The van der Waals surface area contributed by atoms with Gasteiger partial charge in [0.1, 0.15) is 0 Å². The van der Waals surface area contributed by atoms with Gasteiger partial charge in [0.2, 0.25) is 0 Å². The van der Waals surface area contributed by atoms with Crippen LogP contribution in [0, 0.1) is 5.92 Å². The molecule has 0 aliphatic heterocycles. The summed E-state index contributed by atoms with van der Waals surface area (Å²) in [6, 6.07) is 0.556. The summed E-state index contributed by atoms with van der Waals surface area (Å²) in [5, 5.41) is 3.58. The van der Waals surface area contributed by atoms with Crippen LogP contribution in [0.1, 0.15) is 32.6 Å². The molecule has 0 heterocycles. The van der Waals surface area contributed by atoms with Crippen LogP contribution in [-0.4, -0.2) is 32.3 Å². The SMILES string of the molecule is CCC(CN)CNC1CCCC1OC. The predicted molar refractivity (Wildman–Crippen MR) is 59.3 cm³/mol. The van der Waals surface area contributed by atoms with Gasteiger partial charge >= 0.3 is 0 Å². The first-order valence-corrected chi connectivity index (χ1v) is 5.78. The van der Waals surface area contributed by atoms with Crippen LogP contribution in [0.3, 0.4) is 0 Å². The van der Waals surface area contributed by atoms with Crippen molar-refractivity contribution in [1.82, 2.24) is 5.32 Å². The Kier molecular flexibility index (Phi) is 5.45. The molecule has 0 aromatic heterocycles. The van der Waals surface area contributed by atoms with E-state index >= 15 is 0 Å². The molecule has 14 heavy (non-hydrogen) atoms. The van der Waals surface area contributed by atoms with Crippen molar-refractivity contribution in [2.45, 2.75) is 44.8 Å². The number of ether oxygens (including phenoxy) is 1. The highest BCUT2D eigenvalue weighted by Gasteiger charge is 2.26. The highest BCUT2D eigenvalue weighted by molar-refractivity contribution is 4.84. The van der Waals surface area contributed by atoms with Gasteiger partial charge in [0.15, 0.2) is 0 Å². The second-order valence-corrected chi connectivity index (χ2v) is 4.23. The van der Waals surface area contributed by atoms with Crippen molar-refractivity contribution in [3.8, 4) is 0 Å². The predicted octanol–water partition coefficient (Wildman–Crippen LogP) is 1.13. The van der Waals surface area contributed by atoms with E-state index in [1.807, 2.05) is 7.11 Å². The van der Waals surface area contributed by atoms with Crippen LogP contribution >= 0.6 is 0 Å². The maximum Gasteiger partial charge on any atom is 0.0724 e. The zero-order chi connectivity index (χ0) is 10.4. The first-order valence-electron chi connectivity index (χ1n) is 5.78. The molecule has 0 bridgehead atoms. The second kappa shape index (κ2) is 6.38. The third-order valence-corrected chi connectivity index (χ3v) is 3.33. The molecular formula is C11H24N2O. The minimum absolute atomic E-state index is 0.422. The Balaban J connectivity index is 2.22. The van der Waals surface area contributed by atoms with E-state index in [2.05, 4.69) is 12.2 Å². The molecule has 0 spiro atoms. The van der Waals surface area contributed by atoms with Crippen LogP contribution in [0.5, 0.6) is 0 Å². The van der Waals surface area contributed by atoms with E-state index in [0.29, 0.717) is 18.1 Å². The highest BCUT2D eigenvalue weighted by atomic mass is 16.5. The highest BCUT2D eigenvalue weighted by Crippen LogP contribution is 2.21. The van der Waals surface area contributed by atoms with Crippen LogP contribution in [0.15, 0.2) is 0 Å². The molecule has 3 unspecified atom stereocenters. The zero-order valence-electron chi connectivity index (χ0n) is 9.46. The largest absolute Gasteiger partial charge is 0.380 e. The van der Waals surface area contributed by atoms with Gasteiger partial charge in [-0.25, -0.2) is 0 Å². The summed E-state index contributed by atoms with van der Waals surface area (Å²) < 4.78 is 5.43. The molecule has 1 rings (SSSR count). The number of hydrogen-bond donors (Lipinski definition) is 2. The van der Waals surface area contributed by atoms with Crippen molar-refractivity contribution in [2.24, 2.45) is 11.7 Å². The van der Waals surface area contributed by atoms with Crippen LogP contribution in [0.25, 0.3) is 0 Å². The quantitative estimate of drug-likeness (QED) is 0.675. The summed E-state index contributed by atoms with van der Waals surface area (Å²) in [6.07, 6.45) is 5.32. The smallest absolute Gasteiger partial charge is 0.0724 e. The number of hydrogen-bond acceptors (Lipinski definition) is 3. The fraction of sp³-hybridized carbons (Fsp3) is 1.00. The fourth-order valence-corrected chi connectivity index (χ4v) is 2.15. The molecule has 1 fully saturated rings.